The Morgan fingerprint density at radius 1 is 1.14 bits per heavy atom. The van der Waals surface area contributed by atoms with Crippen LogP contribution in [-0.4, -0.2) is 12.5 Å². The lowest BCUT2D eigenvalue weighted by molar-refractivity contribution is -0.137. The summed E-state index contributed by atoms with van der Waals surface area (Å²) in [6.45, 7) is 0. The summed E-state index contributed by atoms with van der Waals surface area (Å²) in [5, 5.41) is 0. The Morgan fingerprint density at radius 2 is 1.86 bits per heavy atom. The molecule has 0 spiro atoms. The number of aldehydes is 1. The predicted molar refractivity (Wildman–Crippen MR) is 75.1 cm³/mol. The van der Waals surface area contributed by atoms with Crippen LogP contribution in [0.1, 0.15) is 15.9 Å². The first-order valence-corrected chi connectivity index (χ1v) is 7.15. The molecule has 0 radical (unpaired) electrons. The molecule has 2 aromatic rings. The van der Waals surface area contributed by atoms with Crippen LogP contribution < -0.4 is 4.74 Å². The van der Waals surface area contributed by atoms with Gasteiger partial charge < -0.3 is 4.74 Å². The second-order valence-electron chi connectivity index (χ2n) is 4.12. The molecule has 0 atom stereocenters. The molecular weight excluding hydrogens is 301 g/mol. The molecule has 21 heavy (non-hydrogen) atoms. The van der Waals surface area contributed by atoms with Gasteiger partial charge in [-0.05, 0) is 36.6 Å². The molecular formula is C15H11F3O2S. The number of carbonyl (C=O) groups is 1. The molecule has 2 rings (SSSR count). The van der Waals surface area contributed by atoms with Crippen molar-refractivity contribution in [3.63, 3.8) is 0 Å². The summed E-state index contributed by atoms with van der Waals surface area (Å²) in [5.74, 6) is 0.506. The Hall–Kier alpha value is -1.95. The Kier molecular flexibility index (Phi) is 4.57. The molecule has 2 nitrogen and oxygen atoms in total. The average Bonchev–Trinajstić information content (AvgIpc) is 2.47. The monoisotopic (exact) mass is 312 g/mol. The zero-order chi connectivity index (χ0) is 15.5. The Labute approximate surface area is 123 Å². The molecule has 0 saturated carbocycles. The van der Waals surface area contributed by atoms with Crippen molar-refractivity contribution in [1.82, 2.24) is 0 Å². The summed E-state index contributed by atoms with van der Waals surface area (Å²) < 4.78 is 44.1. The molecule has 6 heteroatoms. The van der Waals surface area contributed by atoms with Gasteiger partial charge in [-0.1, -0.05) is 12.1 Å². The maximum atomic E-state index is 12.9. The molecule has 0 fully saturated rings. The van der Waals surface area contributed by atoms with Gasteiger partial charge in [0.2, 0.25) is 0 Å². The summed E-state index contributed by atoms with van der Waals surface area (Å²) in [5.41, 5.74) is -1.41. The van der Waals surface area contributed by atoms with Crippen LogP contribution in [0.2, 0.25) is 0 Å². The second kappa shape index (κ2) is 6.22. The maximum Gasteiger partial charge on any atom is 0.417 e. The van der Waals surface area contributed by atoms with Gasteiger partial charge in [-0.2, -0.15) is 13.2 Å². The first kappa shape index (κ1) is 15.4. The SMILES string of the molecule is CSc1ccccc1Oc1ccc(C=O)c(C(F)(F)F)c1. The van der Waals surface area contributed by atoms with Crippen molar-refractivity contribution in [2.45, 2.75) is 11.1 Å². The molecule has 0 unspecified atom stereocenters. The summed E-state index contributed by atoms with van der Waals surface area (Å²) in [4.78, 5) is 11.5. The highest BCUT2D eigenvalue weighted by molar-refractivity contribution is 7.98. The van der Waals surface area contributed by atoms with E-state index in [2.05, 4.69) is 0 Å². The zero-order valence-electron chi connectivity index (χ0n) is 11.0. The van der Waals surface area contributed by atoms with E-state index in [4.69, 9.17) is 4.74 Å². The number of thioether (sulfide) groups is 1. The van der Waals surface area contributed by atoms with Gasteiger partial charge in [-0.15, -0.1) is 11.8 Å². The normalized spacial score (nSPS) is 11.2. The number of hydrogen-bond donors (Lipinski definition) is 0. The van der Waals surface area contributed by atoms with Gasteiger partial charge >= 0.3 is 6.18 Å². The van der Waals surface area contributed by atoms with E-state index in [1.165, 1.54) is 17.8 Å². The van der Waals surface area contributed by atoms with Crippen molar-refractivity contribution in [3.05, 3.63) is 53.6 Å². The number of hydrogen-bond acceptors (Lipinski definition) is 3. The van der Waals surface area contributed by atoms with Crippen molar-refractivity contribution in [2.75, 3.05) is 6.26 Å². The quantitative estimate of drug-likeness (QED) is 0.585. The molecule has 0 saturated heterocycles. The number of carbonyl (C=O) groups excluding carboxylic acids is 1. The lowest BCUT2D eigenvalue weighted by Crippen LogP contribution is -2.09. The van der Waals surface area contributed by atoms with Crippen molar-refractivity contribution in [3.8, 4) is 11.5 Å². The van der Waals surface area contributed by atoms with E-state index in [1.54, 1.807) is 12.1 Å². The number of ether oxygens (including phenoxy) is 1. The standard InChI is InChI=1S/C15H11F3O2S/c1-21-14-5-3-2-4-13(14)20-11-7-6-10(9-19)12(8-11)15(16,17)18/h2-9H,1H3. The topological polar surface area (TPSA) is 26.3 Å². The first-order valence-electron chi connectivity index (χ1n) is 5.93. The van der Waals surface area contributed by atoms with E-state index in [0.29, 0.717) is 5.75 Å². The molecule has 0 aliphatic carbocycles. The van der Waals surface area contributed by atoms with Crippen molar-refractivity contribution in [1.29, 1.82) is 0 Å². The average molecular weight is 312 g/mol. The Bertz CT molecular complexity index is 654. The van der Waals surface area contributed by atoms with Gasteiger partial charge in [0.05, 0.1) is 5.56 Å². The maximum absolute atomic E-state index is 12.9. The number of para-hydroxylation sites is 1. The highest BCUT2D eigenvalue weighted by Gasteiger charge is 2.33. The van der Waals surface area contributed by atoms with Gasteiger partial charge in [0, 0.05) is 10.5 Å². The van der Waals surface area contributed by atoms with Gasteiger partial charge in [0.1, 0.15) is 11.5 Å². The minimum Gasteiger partial charge on any atom is -0.456 e. The van der Waals surface area contributed by atoms with Crippen molar-refractivity contribution in [2.24, 2.45) is 0 Å². The van der Waals surface area contributed by atoms with Crippen LogP contribution in [-0.2, 0) is 6.18 Å². The highest BCUT2D eigenvalue weighted by atomic mass is 32.2. The number of alkyl halides is 3. The third-order valence-corrected chi connectivity index (χ3v) is 3.53. The fourth-order valence-electron chi connectivity index (χ4n) is 1.78. The van der Waals surface area contributed by atoms with E-state index >= 15 is 0 Å². The van der Waals surface area contributed by atoms with Crippen LogP contribution in [0.3, 0.4) is 0 Å². The van der Waals surface area contributed by atoms with Gasteiger partial charge in [0.15, 0.2) is 6.29 Å². The largest absolute Gasteiger partial charge is 0.456 e. The van der Waals surface area contributed by atoms with Crippen LogP contribution in [0.4, 0.5) is 13.2 Å². The minimum atomic E-state index is -4.60. The molecule has 110 valence electrons. The third kappa shape index (κ3) is 3.58. The number of halogens is 3. The molecule has 2 aromatic carbocycles. The number of rotatable bonds is 4. The van der Waals surface area contributed by atoms with Gasteiger partial charge in [-0.25, -0.2) is 0 Å². The van der Waals surface area contributed by atoms with E-state index in [-0.39, 0.29) is 12.0 Å². The summed E-state index contributed by atoms with van der Waals surface area (Å²) in [7, 11) is 0. The Morgan fingerprint density at radius 3 is 2.48 bits per heavy atom. The van der Waals surface area contributed by atoms with Crippen LogP contribution >= 0.6 is 11.8 Å². The van der Waals surface area contributed by atoms with Crippen LogP contribution in [0, 0.1) is 0 Å². The van der Waals surface area contributed by atoms with E-state index < -0.39 is 17.3 Å². The van der Waals surface area contributed by atoms with Crippen molar-refractivity contribution < 1.29 is 22.7 Å². The predicted octanol–water partition coefficient (Wildman–Crippen LogP) is 5.03. The molecule has 0 heterocycles. The first-order chi connectivity index (χ1) is 9.95. The zero-order valence-corrected chi connectivity index (χ0v) is 11.8. The smallest absolute Gasteiger partial charge is 0.417 e. The van der Waals surface area contributed by atoms with E-state index in [9.17, 15) is 18.0 Å². The fourth-order valence-corrected chi connectivity index (χ4v) is 2.30. The van der Waals surface area contributed by atoms with Gasteiger partial charge in [0.25, 0.3) is 0 Å². The van der Waals surface area contributed by atoms with E-state index in [1.807, 2.05) is 18.4 Å². The van der Waals surface area contributed by atoms with Gasteiger partial charge in [-0.3, -0.25) is 4.79 Å². The fraction of sp³-hybridized carbons (Fsp3) is 0.133. The van der Waals surface area contributed by atoms with E-state index in [0.717, 1.165) is 17.0 Å². The molecule has 0 aliphatic heterocycles. The third-order valence-electron chi connectivity index (χ3n) is 2.75. The Balaban J connectivity index is 2.40. The highest BCUT2D eigenvalue weighted by Crippen LogP contribution is 2.36. The molecule has 0 aromatic heterocycles. The molecule has 0 bridgehead atoms. The molecule has 0 N–H and O–H groups in total. The van der Waals surface area contributed by atoms with Crippen LogP contribution in [0.5, 0.6) is 11.5 Å². The molecule has 0 aliphatic rings. The minimum absolute atomic E-state index is 0.0365. The summed E-state index contributed by atoms with van der Waals surface area (Å²) in [6, 6.07) is 10.3. The lowest BCUT2D eigenvalue weighted by Gasteiger charge is -2.13. The molecule has 0 amide bonds. The summed E-state index contributed by atoms with van der Waals surface area (Å²) >= 11 is 1.43. The van der Waals surface area contributed by atoms with Crippen LogP contribution in [0.15, 0.2) is 47.4 Å². The lowest BCUT2D eigenvalue weighted by atomic mass is 10.1. The van der Waals surface area contributed by atoms with Crippen LogP contribution in [0.25, 0.3) is 0 Å². The summed E-state index contributed by atoms with van der Waals surface area (Å²) in [6.07, 6.45) is -2.57. The number of benzene rings is 2. The van der Waals surface area contributed by atoms with Crippen molar-refractivity contribution >= 4 is 18.0 Å². The second-order valence-corrected chi connectivity index (χ2v) is 4.97.